The molecule has 3 aromatic rings. The first-order valence-corrected chi connectivity index (χ1v) is 8.24. The third kappa shape index (κ3) is 3.28. The highest BCUT2D eigenvalue weighted by Crippen LogP contribution is 2.40. The average Bonchev–Trinajstić information content (AvgIpc) is 3.10. The van der Waals surface area contributed by atoms with E-state index in [0.29, 0.717) is 11.2 Å². The Hall–Kier alpha value is -3.56. The Bertz CT molecular complexity index is 1060. The van der Waals surface area contributed by atoms with Crippen LogP contribution in [0.3, 0.4) is 0 Å². The van der Waals surface area contributed by atoms with E-state index < -0.39 is 10.8 Å². The average molecular weight is 370 g/mol. The lowest BCUT2D eigenvalue weighted by Crippen LogP contribution is -2.11. The van der Waals surface area contributed by atoms with Crippen molar-refractivity contribution in [1.29, 1.82) is 0 Å². The van der Waals surface area contributed by atoms with E-state index in [1.54, 1.807) is 23.6 Å². The highest BCUT2D eigenvalue weighted by Gasteiger charge is 2.21. The summed E-state index contributed by atoms with van der Waals surface area (Å²) in [5, 5.41) is 29.7. The first kappa shape index (κ1) is 18.2. The van der Waals surface area contributed by atoms with Crippen LogP contribution in [0.2, 0.25) is 0 Å². The van der Waals surface area contributed by atoms with Gasteiger partial charge in [-0.3, -0.25) is 4.79 Å². The molecule has 2 heterocycles. The number of carbonyl (C=O) groups is 1. The minimum absolute atomic E-state index is 0.0224. The van der Waals surface area contributed by atoms with Crippen molar-refractivity contribution in [3.63, 3.8) is 0 Å². The number of aryl methyl sites for hydroxylation is 1. The predicted octanol–water partition coefficient (Wildman–Crippen LogP) is 3.65. The number of aromatic hydroxyl groups is 1. The normalized spacial score (nSPS) is 11.7. The molecule has 0 spiro atoms. The van der Waals surface area contributed by atoms with Gasteiger partial charge in [-0.05, 0) is 24.8 Å². The van der Waals surface area contributed by atoms with Crippen LogP contribution >= 0.6 is 0 Å². The van der Waals surface area contributed by atoms with Gasteiger partial charge < -0.3 is 19.8 Å². The molecule has 0 fully saturated rings. The summed E-state index contributed by atoms with van der Waals surface area (Å²) in [5.41, 5.74) is 0.956. The molecule has 140 valence electrons. The number of azo groups is 1. The molecule has 2 aromatic heterocycles. The van der Waals surface area contributed by atoms with E-state index in [9.17, 15) is 20.0 Å². The maximum absolute atomic E-state index is 12.2. The minimum Gasteiger partial charge on any atom is -0.493 e. The van der Waals surface area contributed by atoms with Gasteiger partial charge in [-0.15, -0.1) is 10.2 Å². The summed E-state index contributed by atoms with van der Waals surface area (Å²) in [4.78, 5) is 26.4. The van der Waals surface area contributed by atoms with Gasteiger partial charge in [0.25, 0.3) is 0 Å². The van der Waals surface area contributed by atoms with Crippen LogP contribution in [-0.4, -0.2) is 30.1 Å². The molecule has 0 bridgehead atoms. The van der Waals surface area contributed by atoms with Crippen LogP contribution in [-0.2, 0) is 11.3 Å². The lowest BCUT2D eigenvalue weighted by atomic mass is 10.2. The van der Waals surface area contributed by atoms with Crippen LogP contribution in [0, 0.1) is 17.0 Å². The number of amides is 1. The highest BCUT2D eigenvalue weighted by atomic mass is 16.6. The minimum atomic E-state index is -0.694. The molecule has 10 nitrogen and oxygen atoms in total. The Balaban J connectivity index is 1.93. The fourth-order valence-corrected chi connectivity index (χ4v) is 2.92. The summed E-state index contributed by atoms with van der Waals surface area (Å²) in [7, 11) is 0. The summed E-state index contributed by atoms with van der Waals surface area (Å²) in [6.07, 6.45) is 1.09. The highest BCUT2D eigenvalue weighted by molar-refractivity contribution is 5.95. The Kier molecular flexibility index (Phi) is 4.72. The number of carbonyl (C=O) groups excluding carboxylic acids is 1. The SMILES string of the molecule is Cc1ncc([N+](=O)[O-])n1CC(=O)N=Nc1c(O)n(C(C)C)c2ccccc12. The van der Waals surface area contributed by atoms with Gasteiger partial charge in [0.1, 0.15) is 6.20 Å². The second kappa shape index (κ2) is 6.98. The second-order valence-corrected chi connectivity index (χ2v) is 6.25. The lowest BCUT2D eigenvalue weighted by molar-refractivity contribution is -0.392. The zero-order valence-electron chi connectivity index (χ0n) is 15.0. The number of para-hydroxylation sites is 1. The van der Waals surface area contributed by atoms with Gasteiger partial charge in [0.15, 0.2) is 18.1 Å². The van der Waals surface area contributed by atoms with E-state index in [1.807, 2.05) is 26.0 Å². The van der Waals surface area contributed by atoms with Crippen molar-refractivity contribution < 1.29 is 14.8 Å². The van der Waals surface area contributed by atoms with Gasteiger partial charge in [-0.25, -0.2) is 9.55 Å². The molecule has 0 aliphatic heterocycles. The molecule has 0 unspecified atom stereocenters. The molecular formula is C17H18N6O4. The van der Waals surface area contributed by atoms with Gasteiger partial charge in [-0.1, -0.05) is 18.2 Å². The summed E-state index contributed by atoms with van der Waals surface area (Å²) in [5.74, 6) is -0.757. The number of nitro groups is 1. The molecular weight excluding hydrogens is 352 g/mol. The number of hydrogen-bond donors (Lipinski definition) is 1. The Morgan fingerprint density at radius 2 is 2.07 bits per heavy atom. The van der Waals surface area contributed by atoms with Gasteiger partial charge in [0, 0.05) is 18.4 Å². The number of fused-ring (bicyclic) bond motifs is 1. The van der Waals surface area contributed by atoms with Crippen LogP contribution in [0.1, 0.15) is 25.7 Å². The predicted molar refractivity (Wildman–Crippen MR) is 97.1 cm³/mol. The number of hydrogen-bond acceptors (Lipinski definition) is 6. The van der Waals surface area contributed by atoms with E-state index in [1.165, 1.54) is 0 Å². The van der Waals surface area contributed by atoms with Crippen molar-refractivity contribution in [1.82, 2.24) is 14.1 Å². The van der Waals surface area contributed by atoms with Crippen molar-refractivity contribution in [3.05, 3.63) is 46.4 Å². The summed E-state index contributed by atoms with van der Waals surface area (Å²) < 4.78 is 2.84. The monoisotopic (exact) mass is 370 g/mol. The quantitative estimate of drug-likeness (QED) is 0.416. The lowest BCUT2D eigenvalue weighted by Gasteiger charge is -2.10. The topological polar surface area (TPSA) is 128 Å². The Labute approximate surface area is 153 Å². The third-order valence-corrected chi connectivity index (χ3v) is 4.15. The summed E-state index contributed by atoms with van der Waals surface area (Å²) in [6.45, 7) is 5.02. The van der Waals surface area contributed by atoms with E-state index in [0.717, 1.165) is 16.3 Å². The van der Waals surface area contributed by atoms with E-state index in [2.05, 4.69) is 15.2 Å². The fraction of sp³-hybridized carbons (Fsp3) is 0.294. The molecule has 1 amide bonds. The summed E-state index contributed by atoms with van der Waals surface area (Å²) in [6, 6.07) is 7.23. The van der Waals surface area contributed by atoms with E-state index in [4.69, 9.17) is 0 Å². The zero-order chi connectivity index (χ0) is 19.7. The molecule has 0 aliphatic carbocycles. The maximum atomic E-state index is 12.2. The molecule has 3 rings (SSSR count). The summed E-state index contributed by atoms with van der Waals surface area (Å²) >= 11 is 0. The standard InChI is InChI=1S/C17H18N6O4/c1-10(2)22-13-7-5-4-6-12(13)16(17(22)25)20-19-14(24)9-21-11(3)18-8-15(21)23(26)27/h4-8,10,25H,9H2,1-3H3. The van der Waals surface area contributed by atoms with Crippen LogP contribution < -0.4 is 0 Å². The van der Waals surface area contributed by atoms with Gasteiger partial charge in [0.2, 0.25) is 5.88 Å². The van der Waals surface area contributed by atoms with E-state index in [-0.39, 0.29) is 30.0 Å². The Morgan fingerprint density at radius 1 is 1.37 bits per heavy atom. The van der Waals surface area contributed by atoms with Gasteiger partial charge in [0.05, 0.1) is 5.52 Å². The number of rotatable bonds is 5. The van der Waals surface area contributed by atoms with Gasteiger partial charge >= 0.3 is 11.7 Å². The molecule has 0 radical (unpaired) electrons. The smallest absolute Gasteiger partial charge is 0.343 e. The second-order valence-electron chi connectivity index (χ2n) is 6.25. The van der Waals surface area contributed by atoms with Crippen LogP contribution in [0.5, 0.6) is 5.88 Å². The fourth-order valence-electron chi connectivity index (χ4n) is 2.92. The van der Waals surface area contributed by atoms with Crippen molar-refractivity contribution in [2.75, 3.05) is 0 Å². The molecule has 0 saturated carbocycles. The Morgan fingerprint density at radius 3 is 2.74 bits per heavy atom. The van der Waals surface area contributed by atoms with Crippen molar-refractivity contribution in [2.24, 2.45) is 10.2 Å². The molecule has 0 atom stereocenters. The number of imidazole rings is 1. The molecule has 27 heavy (non-hydrogen) atoms. The largest absolute Gasteiger partial charge is 0.493 e. The molecule has 1 N–H and O–H groups in total. The number of nitrogens with zero attached hydrogens (tertiary/aromatic N) is 6. The van der Waals surface area contributed by atoms with Crippen molar-refractivity contribution in [2.45, 2.75) is 33.4 Å². The van der Waals surface area contributed by atoms with Crippen molar-refractivity contribution in [3.8, 4) is 5.88 Å². The van der Waals surface area contributed by atoms with Crippen LogP contribution in [0.15, 0.2) is 40.7 Å². The van der Waals surface area contributed by atoms with Crippen molar-refractivity contribution >= 4 is 28.3 Å². The van der Waals surface area contributed by atoms with Gasteiger partial charge in [-0.2, -0.15) is 0 Å². The third-order valence-electron chi connectivity index (χ3n) is 4.15. The molecule has 0 saturated heterocycles. The number of aromatic nitrogens is 3. The zero-order valence-corrected chi connectivity index (χ0v) is 15.0. The number of benzene rings is 1. The first-order valence-electron chi connectivity index (χ1n) is 8.24. The first-order chi connectivity index (χ1) is 12.8. The van der Waals surface area contributed by atoms with Crippen LogP contribution in [0.25, 0.3) is 10.9 Å². The molecule has 10 heteroatoms. The van der Waals surface area contributed by atoms with Crippen LogP contribution in [0.4, 0.5) is 11.5 Å². The van der Waals surface area contributed by atoms with E-state index >= 15 is 0 Å². The maximum Gasteiger partial charge on any atom is 0.343 e. The molecule has 1 aromatic carbocycles. The molecule has 0 aliphatic rings.